The standard InChI is InChI=1S/C16H16F3N5O/c1-9-3-5-11(6-4-9)12-8-15(25,16(17,18)19)24(23-12)13-7-10(2)21-14(20)22-13/h3-7,25H,8H2,1-2H3,(H2,20,21,22)/t15-/m0/s1. The van der Waals surface area contributed by atoms with Crippen molar-refractivity contribution in [2.24, 2.45) is 5.10 Å². The zero-order valence-electron chi connectivity index (χ0n) is 13.5. The number of rotatable bonds is 2. The third kappa shape index (κ3) is 3.02. The van der Waals surface area contributed by atoms with Gasteiger partial charge in [-0.3, -0.25) is 0 Å². The Morgan fingerprint density at radius 3 is 2.36 bits per heavy atom. The van der Waals surface area contributed by atoms with Crippen LogP contribution < -0.4 is 10.7 Å². The van der Waals surface area contributed by atoms with E-state index in [1.165, 1.54) is 6.07 Å². The maximum absolute atomic E-state index is 13.6. The second-order valence-corrected chi connectivity index (χ2v) is 5.94. The summed E-state index contributed by atoms with van der Waals surface area (Å²) in [5, 5.41) is 14.9. The van der Waals surface area contributed by atoms with Gasteiger partial charge in [0.25, 0.3) is 5.72 Å². The molecule has 0 saturated carbocycles. The smallest absolute Gasteiger partial charge is 0.368 e. The summed E-state index contributed by atoms with van der Waals surface area (Å²) in [7, 11) is 0. The highest BCUT2D eigenvalue weighted by Gasteiger charge is 2.62. The van der Waals surface area contributed by atoms with Gasteiger partial charge in [0.05, 0.1) is 12.1 Å². The van der Waals surface area contributed by atoms with Crippen molar-refractivity contribution in [3.05, 3.63) is 47.2 Å². The fourth-order valence-corrected chi connectivity index (χ4v) is 2.60. The topological polar surface area (TPSA) is 87.6 Å². The van der Waals surface area contributed by atoms with Crippen LogP contribution in [0.5, 0.6) is 0 Å². The Kier molecular flexibility index (Phi) is 3.91. The Morgan fingerprint density at radius 2 is 1.80 bits per heavy atom. The summed E-state index contributed by atoms with van der Waals surface area (Å²) in [6.45, 7) is 3.43. The first-order valence-corrected chi connectivity index (χ1v) is 7.45. The Hall–Kier alpha value is -2.68. The van der Waals surface area contributed by atoms with E-state index >= 15 is 0 Å². The van der Waals surface area contributed by atoms with Crippen LogP contribution in [0.1, 0.15) is 23.2 Å². The van der Waals surface area contributed by atoms with Gasteiger partial charge in [-0.15, -0.1) is 0 Å². The van der Waals surface area contributed by atoms with Crippen LogP contribution in [0.25, 0.3) is 0 Å². The van der Waals surface area contributed by atoms with Crippen molar-refractivity contribution in [1.82, 2.24) is 9.97 Å². The fraction of sp³-hybridized carbons (Fsp3) is 0.312. The molecule has 0 spiro atoms. The number of aromatic nitrogens is 2. The zero-order valence-corrected chi connectivity index (χ0v) is 13.5. The molecule has 1 aliphatic heterocycles. The molecule has 1 aliphatic rings. The maximum Gasteiger partial charge on any atom is 0.438 e. The summed E-state index contributed by atoms with van der Waals surface area (Å²) < 4.78 is 40.8. The molecule has 25 heavy (non-hydrogen) atoms. The highest BCUT2D eigenvalue weighted by molar-refractivity contribution is 6.03. The number of aliphatic hydroxyl groups is 1. The number of alkyl halides is 3. The number of hydrazone groups is 1. The predicted octanol–water partition coefficient (Wildman–Crippen LogP) is 2.54. The van der Waals surface area contributed by atoms with Crippen molar-refractivity contribution in [3.63, 3.8) is 0 Å². The molecular formula is C16H16F3N5O. The summed E-state index contributed by atoms with van der Waals surface area (Å²) in [6.07, 6.45) is -5.67. The normalized spacial score (nSPS) is 20.7. The van der Waals surface area contributed by atoms with E-state index < -0.39 is 18.3 Å². The van der Waals surface area contributed by atoms with Crippen molar-refractivity contribution < 1.29 is 18.3 Å². The molecule has 0 bridgehead atoms. The lowest BCUT2D eigenvalue weighted by Crippen LogP contribution is -2.55. The molecule has 1 aromatic heterocycles. The van der Waals surface area contributed by atoms with Crippen molar-refractivity contribution in [3.8, 4) is 0 Å². The summed E-state index contributed by atoms with van der Waals surface area (Å²) in [5.74, 6) is -0.412. The van der Waals surface area contributed by atoms with Gasteiger partial charge in [-0.2, -0.15) is 23.3 Å². The summed E-state index contributed by atoms with van der Waals surface area (Å²) in [6, 6.07) is 8.14. The number of nitrogens with two attached hydrogens (primary N) is 1. The molecular weight excluding hydrogens is 335 g/mol. The van der Waals surface area contributed by atoms with Crippen molar-refractivity contribution >= 4 is 17.5 Å². The van der Waals surface area contributed by atoms with E-state index in [4.69, 9.17) is 5.73 Å². The Labute approximate surface area is 141 Å². The lowest BCUT2D eigenvalue weighted by molar-refractivity contribution is -0.254. The van der Waals surface area contributed by atoms with E-state index in [1.807, 2.05) is 6.92 Å². The van der Waals surface area contributed by atoms with E-state index in [9.17, 15) is 18.3 Å². The van der Waals surface area contributed by atoms with E-state index in [0.29, 0.717) is 16.3 Å². The highest BCUT2D eigenvalue weighted by Crippen LogP contribution is 2.43. The van der Waals surface area contributed by atoms with E-state index in [-0.39, 0.29) is 17.5 Å². The van der Waals surface area contributed by atoms with Crippen LogP contribution in [0.4, 0.5) is 24.9 Å². The molecule has 0 aliphatic carbocycles. The molecule has 1 atom stereocenters. The summed E-state index contributed by atoms with van der Waals surface area (Å²) in [5.41, 5.74) is 4.25. The van der Waals surface area contributed by atoms with Crippen LogP contribution in [0.15, 0.2) is 35.4 Å². The molecule has 0 fully saturated rings. The van der Waals surface area contributed by atoms with Crippen LogP contribution in [0.3, 0.4) is 0 Å². The fourth-order valence-electron chi connectivity index (χ4n) is 2.60. The van der Waals surface area contributed by atoms with Gasteiger partial charge in [0.1, 0.15) is 0 Å². The minimum Gasteiger partial charge on any atom is -0.368 e. The van der Waals surface area contributed by atoms with Gasteiger partial charge >= 0.3 is 6.18 Å². The monoisotopic (exact) mass is 351 g/mol. The van der Waals surface area contributed by atoms with Crippen LogP contribution >= 0.6 is 0 Å². The first kappa shape index (κ1) is 17.2. The van der Waals surface area contributed by atoms with Gasteiger partial charge in [-0.05, 0) is 19.4 Å². The number of hydrogen-bond donors (Lipinski definition) is 2. The summed E-state index contributed by atoms with van der Waals surface area (Å²) in [4.78, 5) is 7.62. The Bertz CT molecular complexity index is 814. The minimum atomic E-state index is -4.95. The van der Waals surface area contributed by atoms with Crippen molar-refractivity contribution in [2.75, 3.05) is 10.7 Å². The van der Waals surface area contributed by atoms with Gasteiger partial charge in [-0.1, -0.05) is 29.8 Å². The van der Waals surface area contributed by atoms with E-state index in [2.05, 4.69) is 15.1 Å². The SMILES string of the molecule is Cc1ccc(C2=NN(c3cc(C)nc(N)n3)[C@@](O)(C(F)(F)F)C2)cc1. The van der Waals surface area contributed by atoms with Crippen LogP contribution in [0.2, 0.25) is 0 Å². The minimum absolute atomic E-state index is 0.106. The molecule has 0 saturated heterocycles. The van der Waals surface area contributed by atoms with Gasteiger partial charge in [0.2, 0.25) is 5.95 Å². The molecule has 2 aromatic rings. The quantitative estimate of drug-likeness (QED) is 0.868. The zero-order chi connectivity index (χ0) is 18.4. The molecule has 6 nitrogen and oxygen atoms in total. The van der Waals surface area contributed by atoms with Gasteiger partial charge < -0.3 is 10.8 Å². The number of aryl methyl sites for hydroxylation is 2. The predicted molar refractivity (Wildman–Crippen MR) is 87.0 cm³/mol. The van der Waals surface area contributed by atoms with Crippen LogP contribution in [-0.2, 0) is 0 Å². The molecule has 9 heteroatoms. The molecule has 132 valence electrons. The lowest BCUT2D eigenvalue weighted by Gasteiger charge is -2.33. The van der Waals surface area contributed by atoms with Crippen molar-refractivity contribution in [2.45, 2.75) is 32.2 Å². The lowest BCUT2D eigenvalue weighted by atomic mass is 10.00. The average Bonchev–Trinajstić information content (AvgIpc) is 2.86. The molecule has 0 radical (unpaired) electrons. The van der Waals surface area contributed by atoms with Gasteiger partial charge in [-0.25, -0.2) is 9.99 Å². The number of anilines is 2. The molecule has 3 N–H and O–H groups in total. The van der Waals surface area contributed by atoms with Gasteiger partial charge in [0, 0.05) is 11.8 Å². The second kappa shape index (κ2) is 5.69. The Morgan fingerprint density at radius 1 is 1.16 bits per heavy atom. The number of hydrogen-bond acceptors (Lipinski definition) is 6. The second-order valence-electron chi connectivity index (χ2n) is 5.94. The van der Waals surface area contributed by atoms with Gasteiger partial charge in [0.15, 0.2) is 5.82 Å². The molecule has 3 rings (SSSR count). The summed E-state index contributed by atoms with van der Waals surface area (Å²) >= 11 is 0. The third-order valence-corrected chi connectivity index (χ3v) is 3.90. The number of nitrogen functional groups attached to an aromatic ring is 1. The Balaban J connectivity index is 2.11. The van der Waals surface area contributed by atoms with E-state index in [1.54, 1.807) is 31.2 Å². The molecule has 1 aromatic carbocycles. The number of halogens is 3. The first-order chi connectivity index (χ1) is 11.6. The molecule has 2 heterocycles. The first-order valence-electron chi connectivity index (χ1n) is 7.45. The molecule has 0 amide bonds. The van der Waals surface area contributed by atoms with E-state index in [0.717, 1.165) is 5.56 Å². The largest absolute Gasteiger partial charge is 0.438 e. The number of nitrogens with zero attached hydrogens (tertiary/aromatic N) is 4. The highest BCUT2D eigenvalue weighted by atomic mass is 19.4. The maximum atomic E-state index is 13.6. The molecule has 0 unspecified atom stereocenters. The number of benzene rings is 1. The third-order valence-electron chi connectivity index (χ3n) is 3.90. The van der Waals surface area contributed by atoms with Crippen LogP contribution in [-0.4, -0.2) is 32.7 Å². The van der Waals surface area contributed by atoms with Crippen LogP contribution in [0, 0.1) is 13.8 Å². The average molecular weight is 351 g/mol. The van der Waals surface area contributed by atoms with Crippen molar-refractivity contribution in [1.29, 1.82) is 0 Å².